The highest BCUT2D eigenvalue weighted by atomic mass is 35.5. The summed E-state index contributed by atoms with van der Waals surface area (Å²) in [5.41, 5.74) is -0.350. The minimum absolute atomic E-state index is 0.0627. The Morgan fingerprint density at radius 2 is 1.84 bits per heavy atom. The first-order valence-electron chi connectivity index (χ1n) is 5.95. The summed E-state index contributed by atoms with van der Waals surface area (Å²) in [5, 5.41) is 0.535. The lowest BCUT2D eigenvalue weighted by Gasteiger charge is -2.23. The average molecular weight is 280 g/mol. The number of anilines is 1. The first-order valence-corrected chi connectivity index (χ1v) is 6.33. The largest absolute Gasteiger partial charge is 0.303 e. The van der Waals surface area contributed by atoms with Crippen LogP contribution >= 0.6 is 11.6 Å². The third-order valence-electron chi connectivity index (χ3n) is 3.43. The second kappa shape index (κ2) is 4.78. The van der Waals surface area contributed by atoms with Crippen LogP contribution in [-0.4, -0.2) is 18.1 Å². The standard InChI is InChI=1S/C14H14ClNO3/c1-14(2,8-17)11-7-12(18)16(13(11)19)10-5-3-9(15)4-6-10/h3-6,8,11H,7H2,1-2H3/t11-/m1/s1. The first-order chi connectivity index (χ1) is 8.86. The molecule has 0 aromatic heterocycles. The van der Waals surface area contributed by atoms with Gasteiger partial charge in [-0.3, -0.25) is 14.5 Å². The van der Waals surface area contributed by atoms with Crippen LogP contribution < -0.4 is 4.90 Å². The molecule has 0 unspecified atom stereocenters. The molecule has 19 heavy (non-hydrogen) atoms. The van der Waals surface area contributed by atoms with E-state index in [2.05, 4.69) is 0 Å². The Hall–Kier alpha value is -1.68. The molecule has 2 rings (SSSR count). The normalized spacial score (nSPS) is 19.9. The summed E-state index contributed by atoms with van der Waals surface area (Å²) in [5.74, 6) is -1.22. The summed E-state index contributed by atoms with van der Waals surface area (Å²) in [6, 6.07) is 6.48. The Balaban J connectivity index is 2.34. The number of carbonyl (C=O) groups is 3. The molecule has 0 spiro atoms. The number of amides is 2. The SMILES string of the molecule is CC(C)(C=O)[C@@H]1CC(=O)N(c2ccc(Cl)cc2)C1=O. The molecule has 0 bridgehead atoms. The van der Waals surface area contributed by atoms with Gasteiger partial charge in [-0.25, -0.2) is 0 Å². The molecular formula is C14H14ClNO3. The van der Waals surface area contributed by atoms with Crippen molar-refractivity contribution >= 4 is 35.4 Å². The Morgan fingerprint density at radius 1 is 1.26 bits per heavy atom. The number of aldehydes is 1. The van der Waals surface area contributed by atoms with E-state index in [1.807, 2.05) is 0 Å². The molecule has 0 aliphatic carbocycles. The molecule has 1 saturated heterocycles. The second-order valence-corrected chi connectivity index (χ2v) is 5.68. The maximum absolute atomic E-state index is 12.3. The number of hydrogen-bond donors (Lipinski definition) is 0. The van der Waals surface area contributed by atoms with Gasteiger partial charge in [0.1, 0.15) is 6.29 Å². The van der Waals surface area contributed by atoms with E-state index < -0.39 is 11.3 Å². The van der Waals surface area contributed by atoms with E-state index in [4.69, 9.17) is 11.6 Å². The van der Waals surface area contributed by atoms with Crippen LogP contribution in [0.25, 0.3) is 0 Å². The number of hydrogen-bond acceptors (Lipinski definition) is 3. The minimum atomic E-state index is -0.839. The number of carbonyl (C=O) groups excluding carboxylic acids is 3. The maximum atomic E-state index is 12.3. The van der Waals surface area contributed by atoms with Gasteiger partial charge in [0.2, 0.25) is 11.8 Å². The zero-order chi connectivity index (χ0) is 14.2. The molecule has 1 aromatic carbocycles. The van der Waals surface area contributed by atoms with Crippen LogP contribution in [0.3, 0.4) is 0 Å². The quantitative estimate of drug-likeness (QED) is 0.631. The number of rotatable bonds is 3. The highest BCUT2D eigenvalue weighted by molar-refractivity contribution is 6.30. The van der Waals surface area contributed by atoms with E-state index in [9.17, 15) is 14.4 Å². The number of nitrogens with zero attached hydrogens (tertiary/aromatic N) is 1. The monoisotopic (exact) mass is 279 g/mol. The van der Waals surface area contributed by atoms with E-state index in [0.717, 1.165) is 11.2 Å². The summed E-state index contributed by atoms with van der Waals surface area (Å²) >= 11 is 5.78. The van der Waals surface area contributed by atoms with Crippen molar-refractivity contribution in [1.29, 1.82) is 0 Å². The van der Waals surface area contributed by atoms with Gasteiger partial charge in [0.25, 0.3) is 0 Å². The maximum Gasteiger partial charge on any atom is 0.238 e. The smallest absolute Gasteiger partial charge is 0.238 e. The molecule has 100 valence electrons. The average Bonchev–Trinajstić information content (AvgIpc) is 2.67. The lowest BCUT2D eigenvalue weighted by molar-refractivity contribution is -0.129. The van der Waals surface area contributed by atoms with Crippen molar-refractivity contribution in [3.8, 4) is 0 Å². The molecule has 1 aliphatic heterocycles. The molecule has 1 aliphatic rings. The molecule has 0 saturated carbocycles. The summed E-state index contributed by atoms with van der Waals surface area (Å²) in [4.78, 5) is 36.5. The molecule has 1 atom stereocenters. The Bertz CT molecular complexity index is 536. The lowest BCUT2D eigenvalue weighted by Crippen LogP contribution is -2.35. The van der Waals surface area contributed by atoms with Crippen LogP contribution in [0.1, 0.15) is 20.3 Å². The van der Waals surface area contributed by atoms with Gasteiger partial charge in [0.15, 0.2) is 0 Å². The zero-order valence-corrected chi connectivity index (χ0v) is 11.5. The van der Waals surface area contributed by atoms with E-state index in [1.165, 1.54) is 0 Å². The molecular weight excluding hydrogens is 266 g/mol. The summed E-state index contributed by atoms with van der Waals surface area (Å²) in [6.07, 6.45) is 0.793. The number of benzene rings is 1. The zero-order valence-electron chi connectivity index (χ0n) is 10.7. The highest BCUT2D eigenvalue weighted by Crippen LogP contribution is 2.36. The van der Waals surface area contributed by atoms with Gasteiger partial charge in [0.05, 0.1) is 11.6 Å². The predicted molar refractivity (Wildman–Crippen MR) is 71.9 cm³/mol. The first kappa shape index (κ1) is 13.7. The molecule has 1 fully saturated rings. The van der Waals surface area contributed by atoms with Gasteiger partial charge < -0.3 is 4.79 Å². The number of imide groups is 1. The fourth-order valence-electron chi connectivity index (χ4n) is 2.16. The fourth-order valence-corrected chi connectivity index (χ4v) is 2.28. The van der Waals surface area contributed by atoms with Gasteiger partial charge in [-0.05, 0) is 24.3 Å². The highest BCUT2D eigenvalue weighted by Gasteiger charge is 2.47. The Labute approximate surface area is 116 Å². The van der Waals surface area contributed by atoms with Crippen LogP contribution in [0.5, 0.6) is 0 Å². The van der Waals surface area contributed by atoms with Gasteiger partial charge in [0, 0.05) is 16.9 Å². The van der Waals surface area contributed by atoms with Gasteiger partial charge >= 0.3 is 0 Å². The predicted octanol–water partition coefficient (Wildman–Crippen LogP) is 2.44. The van der Waals surface area contributed by atoms with Gasteiger partial charge in [-0.2, -0.15) is 0 Å². The third-order valence-corrected chi connectivity index (χ3v) is 3.69. The summed E-state index contributed by atoms with van der Waals surface area (Å²) in [7, 11) is 0. The van der Waals surface area contributed by atoms with Crippen molar-refractivity contribution in [2.24, 2.45) is 11.3 Å². The van der Waals surface area contributed by atoms with Crippen molar-refractivity contribution in [2.75, 3.05) is 4.90 Å². The van der Waals surface area contributed by atoms with Gasteiger partial charge in [-0.1, -0.05) is 25.4 Å². The molecule has 1 heterocycles. The molecule has 4 nitrogen and oxygen atoms in total. The Kier molecular flexibility index (Phi) is 3.45. The van der Waals surface area contributed by atoms with Crippen LogP contribution in [0.4, 0.5) is 5.69 Å². The third kappa shape index (κ3) is 2.40. The fraction of sp³-hybridized carbons (Fsp3) is 0.357. The lowest BCUT2D eigenvalue weighted by atomic mass is 9.79. The van der Waals surface area contributed by atoms with E-state index in [1.54, 1.807) is 38.1 Å². The summed E-state index contributed by atoms with van der Waals surface area (Å²) in [6.45, 7) is 3.34. The van der Waals surface area contributed by atoms with Crippen molar-refractivity contribution in [2.45, 2.75) is 20.3 Å². The number of halogens is 1. The molecule has 1 aromatic rings. The van der Waals surface area contributed by atoms with E-state index in [0.29, 0.717) is 10.7 Å². The van der Waals surface area contributed by atoms with Crippen LogP contribution in [-0.2, 0) is 14.4 Å². The van der Waals surface area contributed by atoms with Gasteiger partial charge in [-0.15, -0.1) is 0 Å². The second-order valence-electron chi connectivity index (χ2n) is 5.24. The van der Waals surface area contributed by atoms with E-state index >= 15 is 0 Å². The van der Waals surface area contributed by atoms with Crippen molar-refractivity contribution in [3.63, 3.8) is 0 Å². The molecule has 5 heteroatoms. The summed E-state index contributed by atoms with van der Waals surface area (Å²) < 4.78 is 0. The molecule has 0 N–H and O–H groups in total. The Morgan fingerprint density at radius 3 is 2.37 bits per heavy atom. The topological polar surface area (TPSA) is 54.5 Å². The van der Waals surface area contributed by atoms with Crippen LogP contribution in [0.2, 0.25) is 5.02 Å². The molecule has 0 radical (unpaired) electrons. The minimum Gasteiger partial charge on any atom is -0.303 e. The van der Waals surface area contributed by atoms with Crippen LogP contribution in [0, 0.1) is 11.3 Å². The van der Waals surface area contributed by atoms with E-state index in [-0.39, 0.29) is 18.2 Å². The van der Waals surface area contributed by atoms with Crippen molar-refractivity contribution in [3.05, 3.63) is 29.3 Å². The molecule has 2 amide bonds. The van der Waals surface area contributed by atoms with Crippen LogP contribution in [0.15, 0.2) is 24.3 Å². The van der Waals surface area contributed by atoms with Crippen molar-refractivity contribution < 1.29 is 14.4 Å². The van der Waals surface area contributed by atoms with Crippen molar-refractivity contribution in [1.82, 2.24) is 0 Å².